The van der Waals surface area contributed by atoms with Crippen LogP contribution in [0.4, 0.5) is 0 Å². The molecule has 0 unspecified atom stereocenters. The van der Waals surface area contributed by atoms with E-state index in [1.54, 1.807) is 6.07 Å². The molecule has 3 nitrogen and oxygen atoms in total. The fraction of sp³-hybridized carbons (Fsp3) is 0.647. The fourth-order valence-electron chi connectivity index (χ4n) is 2.54. The Kier molecular flexibility index (Phi) is 7.16. The molecule has 4 heteroatoms. The Bertz CT molecular complexity index is 470. The summed E-state index contributed by atoms with van der Waals surface area (Å²) in [5, 5.41) is 0.395. The first-order chi connectivity index (χ1) is 9.92. The maximum absolute atomic E-state index is 12.9. The Balaban J connectivity index is 3.12. The van der Waals surface area contributed by atoms with Gasteiger partial charge in [-0.1, -0.05) is 46.2 Å². The third-order valence-corrected chi connectivity index (χ3v) is 3.86. The first-order valence-corrected chi connectivity index (χ1v) is 8.28. The number of hydrogen-bond acceptors (Lipinski definition) is 2. The molecule has 0 atom stereocenters. The Labute approximate surface area is 133 Å². The van der Waals surface area contributed by atoms with Crippen LogP contribution >= 0.6 is 11.6 Å². The monoisotopic (exact) mass is 310 g/mol. The van der Waals surface area contributed by atoms with Gasteiger partial charge in [0.25, 0.3) is 5.91 Å². The van der Waals surface area contributed by atoms with Crippen LogP contribution in [0.3, 0.4) is 0 Å². The van der Waals surface area contributed by atoms with Crippen molar-refractivity contribution in [1.82, 2.24) is 9.88 Å². The Hall–Kier alpha value is -1.09. The Morgan fingerprint density at radius 1 is 1.24 bits per heavy atom. The largest absolute Gasteiger partial charge is 0.335 e. The molecule has 0 saturated carbocycles. The molecule has 0 aromatic carbocycles. The molecule has 1 amide bonds. The minimum Gasteiger partial charge on any atom is -0.335 e. The highest BCUT2D eigenvalue weighted by atomic mass is 35.5. The molecule has 0 aliphatic rings. The van der Waals surface area contributed by atoms with E-state index in [1.165, 1.54) is 0 Å². The minimum absolute atomic E-state index is 0.0661. The Morgan fingerprint density at radius 2 is 1.86 bits per heavy atom. The second-order valence-electron chi connectivity index (χ2n) is 5.85. The number of aryl methyl sites for hydroxylation is 1. The zero-order valence-corrected chi connectivity index (χ0v) is 14.6. The molecule has 1 aromatic rings. The molecule has 1 rings (SSSR count). The lowest BCUT2D eigenvalue weighted by atomic mass is 10.1. The molecule has 21 heavy (non-hydrogen) atoms. The van der Waals surface area contributed by atoms with Crippen LogP contribution in [0.2, 0.25) is 5.15 Å². The standard InChI is InChI=1S/C17H27ClN2O/c1-6-14-9-13(10-16(18)19-14)17(21)20(11-12(4)5)15(7-2)8-3/h9-10,12,15H,6-8,11H2,1-5H3. The number of carbonyl (C=O) groups excluding carboxylic acids is 1. The molecule has 118 valence electrons. The van der Waals surface area contributed by atoms with Gasteiger partial charge in [-0.3, -0.25) is 4.79 Å². The van der Waals surface area contributed by atoms with E-state index in [4.69, 9.17) is 11.6 Å². The van der Waals surface area contributed by atoms with Crippen LogP contribution in [0, 0.1) is 5.92 Å². The van der Waals surface area contributed by atoms with Crippen molar-refractivity contribution >= 4 is 17.5 Å². The second kappa shape index (κ2) is 8.38. The first-order valence-electron chi connectivity index (χ1n) is 7.90. The number of amides is 1. The van der Waals surface area contributed by atoms with Gasteiger partial charge in [-0.05, 0) is 37.3 Å². The van der Waals surface area contributed by atoms with E-state index in [0.717, 1.165) is 31.5 Å². The lowest BCUT2D eigenvalue weighted by Gasteiger charge is -2.32. The van der Waals surface area contributed by atoms with Gasteiger partial charge in [-0.25, -0.2) is 4.98 Å². The van der Waals surface area contributed by atoms with Crippen LogP contribution in [0.25, 0.3) is 0 Å². The van der Waals surface area contributed by atoms with Crippen LogP contribution in [0.1, 0.15) is 63.5 Å². The second-order valence-corrected chi connectivity index (χ2v) is 6.23. The zero-order valence-electron chi connectivity index (χ0n) is 13.8. The summed E-state index contributed by atoms with van der Waals surface area (Å²) in [6, 6.07) is 3.82. The van der Waals surface area contributed by atoms with Gasteiger partial charge in [0.2, 0.25) is 0 Å². The maximum Gasteiger partial charge on any atom is 0.254 e. The summed E-state index contributed by atoms with van der Waals surface area (Å²) in [6.07, 6.45) is 2.71. The van der Waals surface area contributed by atoms with Crippen LogP contribution in [-0.4, -0.2) is 28.4 Å². The summed E-state index contributed by atoms with van der Waals surface area (Å²) in [5.41, 5.74) is 1.51. The average molecular weight is 311 g/mol. The van der Waals surface area contributed by atoms with E-state index in [0.29, 0.717) is 16.6 Å². The maximum atomic E-state index is 12.9. The van der Waals surface area contributed by atoms with Crippen molar-refractivity contribution in [2.45, 2.75) is 59.9 Å². The van der Waals surface area contributed by atoms with Crippen molar-refractivity contribution in [2.75, 3.05) is 6.54 Å². The van der Waals surface area contributed by atoms with Crippen LogP contribution < -0.4 is 0 Å². The van der Waals surface area contributed by atoms with Gasteiger partial charge < -0.3 is 4.90 Å². The van der Waals surface area contributed by atoms with Crippen LogP contribution in [0.5, 0.6) is 0 Å². The summed E-state index contributed by atoms with van der Waals surface area (Å²) < 4.78 is 0. The van der Waals surface area contributed by atoms with Crippen LogP contribution in [-0.2, 0) is 6.42 Å². The number of halogens is 1. The minimum atomic E-state index is 0.0661. The van der Waals surface area contributed by atoms with Crippen molar-refractivity contribution in [3.63, 3.8) is 0 Å². The van der Waals surface area contributed by atoms with Crippen molar-refractivity contribution in [1.29, 1.82) is 0 Å². The lowest BCUT2D eigenvalue weighted by molar-refractivity contribution is 0.0640. The molecule has 1 heterocycles. The van der Waals surface area contributed by atoms with Crippen molar-refractivity contribution in [3.05, 3.63) is 28.5 Å². The van der Waals surface area contributed by atoms with Gasteiger partial charge in [0.1, 0.15) is 5.15 Å². The van der Waals surface area contributed by atoms with E-state index in [-0.39, 0.29) is 11.9 Å². The van der Waals surface area contributed by atoms with E-state index >= 15 is 0 Å². The van der Waals surface area contributed by atoms with E-state index in [9.17, 15) is 4.79 Å². The van der Waals surface area contributed by atoms with E-state index < -0.39 is 0 Å². The normalized spacial score (nSPS) is 11.2. The molecule has 0 bridgehead atoms. The Morgan fingerprint density at radius 3 is 2.33 bits per heavy atom. The molecule has 0 spiro atoms. The molecule has 0 radical (unpaired) electrons. The highest BCUT2D eigenvalue weighted by Crippen LogP contribution is 2.18. The first kappa shape index (κ1) is 18.0. The van der Waals surface area contributed by atoms with Crippen molar-refractivity contribution in [3.8, 4) is 0 Å². The average Bonchev–Trinajstić information content (AvgIpc) is 2.45. The summed E-state index contributed by atoms with van der Waals surface area (Å²) in [6.45, 7) is 11.3. The third-order valence-electron chi connectivity index (χ3n) is 3.66. The predicted octanol–water partition coefficient (Wildman–Crippen LogP) is 4.58. The highest BCUT2D eigenvalue weighted by molar-refractivity contribution is 6.29. The molecule has 1 aromatic heterocycles. The van der Waals surface area contributed by atoms with E-state index in [1.807, 2.05) is 17.9 Å². The summed E-state index contributed by atoms with van der Waals surface area (Å²) in [7, 11) is 0. The number of carbonyl (C=O) groups is 1. The van der Waals surface area contributed by atoms with Crippen molar-refractivity contribution in [2.24, 2.45) is 5.92 Å². The summed E-state index contributed by atoms with van der Waals surface area (Å²) in [4.78, 5) is 19.1. The quantitative estimate of drug-likeness (QED) is 0.690. The number of rotatable bonds is 7. The van der Waals surface area contributed by atoms with Gasteiger partial charge in [-0.15, -0.1) is 0 Å². The summed E-state index contributed by atoms with van der Waals surface area (Å²) in [5.74, 6) is 0.508. The molecule has 0 aliphatic carbocycles. The number of hydrogen-bond donors (Lipinski definition) is 0. The topological polar surface area (TPSA) is 33.2 Å². The molecule has 0 aliphatic heterocycles. The van der Waals surface area contributed by atoms with Gasteiger partial charge in [0.15, 0.2) is 0 Å². The number of nitrogens with zero attached hydrogens (tertiary/aromatic N) is 2. The zero-order chi connectivity index (χ0) is 16.0. The smallest absolute Gasteiger partial charge is 0.254 e. The molecule has 0 fully saturated rings. The molecular weight excluding hydrogens is 284 g/mol. The molecular formula is C17H27ClN2O. The number of aromatic nitrogens is 1. The summed E-state index contributed by atoms with van der Waals surface area (Å²) >= 11 is 6.05. The van der Waals surface area contributed by atoms with Crippen LogP contribution in [0.15, 0.2) is 12.1 Å². The molecule has 0 N–H and O–H groups in total. The SMILES string of the molecule is CCc1cc(C(=O)N(CC(C)C)C(CC)CC)cc(Cl)n1. The van der Waals surface area contributed by atoms with Crippen molar-refractivity contribution < 1.29 is 4.79 Å². The third kappa shape index (κ3) is 4.99. The lowest BCUT2D eigenvalue weighted by Crippen LogP contribution is -2.42. The number of pyridine rings is 1. The van der Waals surface area contributed by atoms with Gasteiger partial charge in [0, 0.05) is 23.8 Å². The van der Waals surface area contributed by atoms with Gasteiger partial charge in [-0.2, -0.15) is 0 Å². The van der Waals surface area contributed by atoms with Gasteiger partial charge in [0.05, 0.1) is 0 Å². The van der Waals surface area contributed by atoms with E-state index in [2.05, 4.69) is 32.7 Å². The molecule has 0 saturated heterocycles. The highest BCUT2D eigenvalue weighted by Gasteiger charge is 2.23. The fourth-order valence-corrected chi connectivity index (χ4v) is 2.77. The predicted molar refractivity (Wildman–Crippen MR) is 88.9 cm³/mol. The van der Waals surface area contributed by atoms with Gasteiger partial charge >= 0.3 is 0 Å².